The highest BCUT2D eigenvalue weighted by Gasteiger charge is 2.42. The van der Waals surface area contributed by atoms with Crippen molar-refractivity contribution in [1.29, 1.82) is 0 Å². The average molecular weight is 441 g/mol. The Morgan fingerprint density at radius 1 is 1.26 bits per heavy atom. The van der Waals surface area contributed by atoms with Crippen molar-refractivity contribution in [2.24, 2.45) is 0 Å². The molecule has 1 amide bonds. The predicted octanol–water partition coefficient (Wildman–Crippen LogP) is 3.78. The number of para-hydroxylation sites is 2. The maximum atomic E-state index is 14.2. The molecule has 2 unspecified atom stereocenters. The number of nitro groups is 1. The number of nitrogens with zero attached hydrogens (tertiary/aromatic N) is 2. The highest BCUT2D eigenvalue weighted by Crippen LogP contribution is 2.36. The SMILES string of the molecule is COc1ccc(C2CCN(c3ccccc3[N+](=O)[O-])CC2NC(=O)C(F)(F)F)cc1F. The molecule has 11 heteroatoms. The van der Waals surface area contributed by atoms with Gasteiger partial charge in [-0.15, -0.1) is 0 Å². The second kappa shape index (κ2) is 8.78. The van der Waals surface area contributed by atoms with E-state index in [0.29, 0.717) is 5.56 Å². The molecular formula is C20H19F4N3O4. The van der Waals surface area contributed by atoms with Gasteiger partial charge in [0.25, 0.3) is 5.69 Å². The summed E-state index contributed by atoms with van der Waals surface area (Å²) >= 11 is 0. The van der Waals surface area contributed by atoms with E-state index in [-0.39, 0.29) is 36.6 Å². The summed E-state index contributed by atoms with van der Waals surface area (Å²) in [5, 5.41) is 13.3. The molecule has 3 rings (SSSR count). The average Bonchev–Trinajstić information content (AvgIpc) is 2.73. The molecule has 1 saturated heterocycles. The Hall–Kier alpha value is -3.37. The lowest BCUT2D eigenvalue weighted by molar-refractivity contribution is -0.384. The molecule has 1 aliphatic rings. The smallest absolute Gasteiger partial charge is 0.471 e. The van der Waals surface area contributed by atoms with Gasteiger partial charge in [0.05, 0.1) is 18.1 Å². The number of hydrogen-bond acceptors (Lipinski definition) is 5. The molecule has 0 aliphatic carbocycles. The largest absolute Gasteiger partial charge is 0.494 e. The summed E-state index contributed by atoms with van der Waals surface area (Å²) in [5.74, 6) is -3.45. The Balaban J connectivity index is 1.93. The highest BCUT2D eigenvalue weighted by molar-refractivity contribution is 5.82. The highest BCUT2D eigenvalue weighted by atomic mass is 19.4. The summed E-state index contributed by atoms with van der Waals surface area (Å²) in [5.41, 5.74) is 0.434. The first-order chi connectivity index (χ1) is 14.6. The topological polar surface area (TPSA) is 84.7 Å². The number of carbonyl (C=O) groups is 1. The molecule has 7 nitrogen and oxygen atoms in total. The van der Waals surface area contributed by atoms with E-state index < -0.39 is 34.8 Å². The van der Waals surface area contributed by atoms with E-state index in [0.717, 1.165) is 6.07 Å². The maximum Gasteiger partial charge on any atom is 0.471 e. The molecule has 0 bridgehead atoms. The zero-order valence-electron chi connectivity index (χ0n) is 16.4. The summed E-state index contributed by atoms with van der Waals surface area (Å²) in [7, 11) is 1.29. The van der Waals surface area contributed by atoms with Gasteiger partial charge in [0.1, 0.15) is 5.69 Å². The van der Waals surface area contributed by atoms with Gasteiger partial charge in [-0.25, -0.2) is 4.39 Å². The van der Waals surface area contributed by atoms with Crippen LogP contribution in [0.4, 0.5) is 28.9 Å². The predicted molar refractivity (Wildman–Crippen MR) is 104 cm³/mol. The summed E-state index contributed by atoms with van der Waals surface area (Å²) in [4.78, 5) is 24.0. The number of nitrogens with one attached hydrogen (secondary N) is 1. The van der Waals surface area contributed by atoms with Crippen LogP contribution in [0.5, 0.6) is 5.75 Å². The van der Waals surface area contributed by atoms with Gasteiger partial charge in [-0.3, -0.25) is 14.9 Å². The number of anilines is 1. The summed E-state index contributed by atoms with van der Waals surface area (Å²) in [6.07, 6.45) is -4.86. The van der Waals surface area contributed by atoms with Gasteiger partial charge in [-0.2, -0.15) is 13.2 Å². The molecule has 2 atom stereocenters. The molecule has 1 fully saturated rings. The van der Waals surface area contributed by atoms with Gasteiger partial charge in [0.15, 0.2) is 11.6 Å². The van der Waals surface area contributed by atoms with Gasteiger partial charge in [0, 0.05) is 25.1 Å². The first-order valence-electron chi connectivity index (χ1n) is 9.31. The van der Waals surface area contributed by atoms with E-state index in [4.69, 9.17) is 4.74 Å². The monoisotopic (exact) mass is 441 g/mol. The minimum absolute atomic E-state index is 0.0167. The van der Waals surface area contributed by atoms with Crippen LogP contribution < -0.4 is 15.0 Å². The number of hydrogen-bond donors (Lipinski definition) is 1. The van der Waals surface area contributed by atoms with Crippen molar-refractivity contribution in [1.82, 2.24) is 5.32 Å². The lowest BCUT2D eigenvalue weighted by Crippen LogP contribution is -2.54. The third-order valence-corrected chi connectivity index (χ3v) is 5.21. The fourth-order valence-corrected chi connectivity index (χ4v) is 3.77. The minimum atomic E-state index is -5.10. The normalized spacial score (nSPS) is 19.1. The second-order valence-electron chi connectivity index (χ2n) is 7.06. The minimum Gasteiger partial charge on any atom is -0.494 e. The first-order valence-corrected chi connectivity index (χ1v) is 9.31. The molecule has 0 radical (unpaired) electrons. The van der Waals surface area contributed by atoms with Crippen LogP contribution in [0.1, 0.15) is 17.9 Å². The van der Waals surface area contributed by atoms with Crippen LogP contribution in [0.3, 0.4) is 0 Å². The lowest BCUT2D eigenvalue weighted by atomic mass is 9.84. The Kier molecular flexibility index (Phi) is 6.32. The number of methoxy groups -OCH3 is 1. The quantitative estimate of drug-likeness (QED) is 0.434. The molecule has 1 N–H and O–H groups in total. The van der Waals surface area contributed by atoms with E-state index in [1.165, 1.54) is 37.4 Å². The standard InChI is InChI=1S/C20H19F4N3O4/c1-31-18-7-6-12(10-14(18)21)13-8-9-26(11-15(13)25-19(28)20(22,23)24)16-4-2-3-5-17(16)27(29)30/h2-7,10,13,15H,8-9,11H2,1H3,(H,25,28). The van der Waals surface area contributed by atoms with E-state index >= 15 is 0 Å². The van der Waals surface area contributed by atoms with Gasteiger partial charge in [-0.1, -0.05) is 18.2 Å². The van der Waals surface area contributed by atoms with Gasteiger partial charge in [-0.05, 0) is 30.2 Å². The van der Waals surface area contributed by atoms with E-state index in [2.05, 4.69) is 0 Å². The van der Waals surface area contributed by atoms with Crippen LogP contribution in [-0.4, -0.2) is 43.2 Å². The zero-order valence-corrected chi connectivity index (χ0v) is 16.4. The molecule has 0 spiro atoms. The lowest BCUT2D eigenvalue weighted by Gasteiger charge is -2.40. The van der Waals surface area contributed by atoms with E-state index in [1.54, 1.807) is 11.0 Å². The summed E-state index contributed by atoms with van der Waals surface area (Å²) in [6.45, 7) is 0.145. The molecule has 1 heterocycles. The number of nitro benzene ring substituents is 1. The fourth-order valence-electron chi connectivity index (χ4n) is 3.77. The van der Waals surface area contributed by atoms with E-state index in [1.807, 2.05) is 5.32 Å². The number of halogens is 4. The van der Waals surface area contributed by atoms with Crippen LogP contribution in [0.15, 0.2) is 42.5 Å². The number of amides is 1. The Morgan fingerprint density at radius 2 is 1.97 bits per heavy atom. The number of carbonyl (C=O) groups excluding carboxylic acids is 1. The van der Waals surface area contributed by atoms with Crippen LogP contribution in [0, 0.1) is 15.9 Å². The third kappa shape index (κ3) is 4.86. The van der Waals surface area contributed by atoms with Gasteiger partial charge >= 0.3 is 12.1 Å². The second-order valence-corrected chi connectivity index (χ2v) is 7.06. The van der Waals surface area contributed by atoms with Crippen molar-refractivity contribution < 1.29 is 32.0 Å². The number of rotatable bonds is 5. The molecule has 166 valence electrons. The van der Waals surface area contributed by atoms with E-state index in [9.17, 15) is 32.5 Å². The van der Waals surface area contributed by atoms with Crippen molar-refractivity contribution in [3.63, 3.8) is 0 Å². The first kappa shape index (κ1) is 22.3. The Morgan fingerprint density at radius 3 is 2.58 bits per heavy atom. The number of piperidine rings is 1. The third-order valence-electron chi connectivity index (χ3n) is 5.21. The van der Waals surface area contributed by atoms with Crippen molar-refractivity contribution in [2.75, 3.05) is 25.1 Å². The van der Waals surface area contributed by atoms with Gasteiger partial charge < -0.3 is 15.0 Å². The molecule has 0 saturated carbocycles. The van der Waals surface area contributed by atoms with Crippen LogP contribution in [-0.2, 0) is 4.79 Å². The number of alkyl halides is 3. The van der Waals surface area contributed by atoms with Crippen molar-refractivity contribution in [3.05, 3.63) is 64.0 Å². The maximum absolute atomic E-state index is 14.2. The van der Waals surface area contributed by atoms with Crippen LogP contribution in [0.25, 0.3) is 0 Å². The van der Waals surface area contributed by atoms with Crippen molar-refractivity contribution >= 4 is 17.3 Å². The molecule has 2 aromatic rings. The molecule has 0 aromatic heterocycles. The van der Waals surface area contributed by atoms with Crippen LogP contribution in [0.2, 0.25) is 0 Å². The van der Waals surface area contributed by atoms with Crippen LogP contribution >= 0.6 is 0 Å². The summed E-state index contributed by atoms with van der Waals surface area (Å²) < 4.78 is 57.7. The number of benzene rings is 2. The van der Waals surface area contributed by atoms with Gasteiger partial charge in [0.2, 0.25) is 0 Å². The molecule has 31 heavy (non-hydrogen) atoms. The fraction of sp³-hybridized carbons (Fsp3) is 0.350. The zero-order chi connectivity index (χ0) is 22.8. The molecular weight excluding hydrogens is 422 g/mol. The Labute approximate surface area is 174 Å². The Bertz CT molecular complexity index is 983. The molecule has 2 aromatic carbocycles. The van der Waals surface area contributed by atoms with Crippen molar-refractivity contribution in [3.8, 4) is 5.75 Å². The number of ether oxygens (including phenoxy) is 1. The summed E-state index contributed by atoms with van der Waals surface area (Å²) in [6, 6.07) is 8.85. The van der Waals surface area contributed by atoms with Crippen molar-refractivity contribution in [2.45, 2.75) is 24.6 Å². The molecule has 1 aliphatic heterocycles.